The molecule has 0 saturated heterocycles. The van der Waals surface area contributed by atoms with Gasteiger partial charge in [-0.15, -0.1) is 0 Å². The first kappa shape index (κ1) is 44.0. The quantitative estimate of drug-likeness (QED) is 0.0855. The zero-order chi connectivity index (χ0) is 36.0. The Morgan fingerprint density at radius 3 is 1.00 bits per heavy atom. The molecule has 0 saturated carbocycles. The Labute approximate surface area is 279 Å². The number of ketones is 1. The first-order valence-corrected chi connectivity index (χ1v) is 16.7. The third-order valence-corrected chi connectivity index (χ3v) is 7.03. The first-order chi connectivity index (χ1) is 20.6. The van der Waals surface area contributed by atoms with Crippen molar-refractivity contribution in [1.82, 2.24) is 0 Å². The monoisotopic (exact) mass is 658 g/mol. The van der Waals surface area contributed by atoms with Gasteiger partial charge >= 0.3 is 17.9 Å². The molecule has 10 heteroatoms. The summed E-state index contributed by atoms with van der Waals surface area (Å²) in [6.07, 6.45) is 2.70. The molecule has 270 valence electrons. The molecule has 0 aliphatic rings. The van der Waals surface area contributed by atoms with Gasteiger partial charge in [0.25, 0.3) is 0 Å². The van der Waals surface area contributed by atoms with Gasteiger partial charge in [0, 0.05) is 44.9 Å². The molecule has 0 unspecified atom stereocenters. The standard InChI is InChI=1S/C36H66O10/c1-31(2,3)41-24-21-33(7,8)44-28(38)18-15-17-27(37)36(13,14)43-26-23-35(11,12)46-30(40)20-16-19-29(39)45-34(9,10)22-25-42-32(4,5)6/h15-26H2,1-14H3. The van der Waals surface area contributed by atoms with E-state index in [-0.39, 0.29) is 61.2 Å². The van der Waals surface area contributed by atoms with Crippen molar-refractivity contribution >= 4 is 23.7 Å². The molecule has 0 aromatic rings. The number of rotatable bonds is 22. The summed E-state index contributed by atoms with van der Waals surface area (Å²) in [5.74, 6) is -1.25. The summed E-state index contributed by atoms with van der Waals surface area (Å²) in [4.78, 5) is 49.9. The van der Waals surface area contributed by atoms with E-state index in [0.29, 0.717) is 45.3 Å². The fraction of sp³-hybridized carbons (Fsp3) is 0.889. The normalized spacial score (nSPS) is 13.3. The van der Waals surface area contributed by atoms with Crippen molar-refractivity contribution in [2.75, 3.05) is 19.8 Å². The van der Waals surface area contributed by atoms with Crippen molar-refractivity contribution < 1.29 is 47.6 Å². The Balaban J connectivity index is 4.41. The van der Waals surface area contributed by atoms with Gasteiger partial charge < -0.3 is 28.4 Å². The summed E-state index contributed by atoms with van der Waals surface area (Å²) >= 11 is 0. The van der Waals surface area contributed by atoms with Crippen LogP contribution in [0.15, 0.2) is 0 Å². The molecule has 0 N–H and O–H groups in total. The highest BCUT2D eigenvalue weighted by molar-refractivity contribution is 5.86. The summed E-state index contributed by atoms with van der Waals surface area (Å²) < 4.78 is 34.1. The maximum absolute atomic E-state index is 12.8. The SMILES string of the molecule is CC(C)(C)OCCC(C)(C)OC(=O)CCCC(=O)OC(C)(C)CCOC(C)(C)C(=O)CCCC(=O)OC(C)(C)CCOC(C)(C)C. The van der Waals surface area contributed by atoms with Gasteiger partial charge in [0.2, 0.25) is 0 Å². The first-order valence-electron chi connectivity index (χ1n) is 16.7. The molecule has 0 aliphatic heterocycles. The molecule has 0 fully saturated rings. The Hall–Kier alpha value is -2.04. The Kier molecular flexibility index (Phi) is 17.7. The molecular weight excluding hydrogens is 592 g/mol. The molecule has 0 amide bonds. The predicted octanol–water partition coefficient (Wildman–Crippen LogP) is 7.46. The Morgan fingerprint density at radius 1 is 0.413 bits per heavy atom. The zero-order valence-corrected chi connectivity index (χ0v) is 31.6. The molecule has 0 rings (SSSR count). The third kappa shape index (κ3) is 23.3. The molecule has 0 radical (unpaired) electrons. The molecule has 0 aromatic heterocycles. The van der Waals surface area contributed by atoms with Gasteiger partial charge in [0.1, 0.15) is 22.4 Å². The van der Waals surface area contributed by atoms with Crippen LogP contribution in [0.25, 0.3) is 0 Å². The van der Waals surface area contributed by atoms with E-state index in [1.807, 2.05) is 69.2 Å². The second kappa shape index (κ2) is 18.5. The average molecular weight is 659 g/mol. The summed E-state index contributed by atoms with van der Waals surface area (Å²) in [6, 6.07) is 0. The number of esters is 3. The van der Waals surface area contributed by atoms with Gasteiger partial charge in [-0.05, 0) is 110 Å². The third-order valence-electron chi connectivity index (χ3n) is 7.03. The number of ether oxygens (including phenoxy) is 6. The minimum absolute atomic E-state index is 0.0846. The van der Waals surface area contributed by atoms with Crippen LogP contribution >= 0.6 is 0 Å². The summed E-state index contributed by atoms with van der Waals surface area (Å²) in [7, 11) is 0. The van der Waals surface area contributed by atoms with E-state index in [4.69, 9.17) is 28.4 Å². The van der Waals surface area contributed by atoms with Crippen LogP contribution in [0.1, 0.15) is 155 Å². The zero-order valence-electron chi connectivity index (χ0n) is 31.6. The van der Waals surface area contributed by atoms with Gasteiger partial charge in [-0.2, -0.15) is 0 Å². The van der Waals surface area contributed by atoms with Crippen molar-refractivity contribution in [1.29, 1.82) is 0 Å². The van der Waals surface area contributed by atoms with Crippen molar-refractivity contribution in [3.8, 4) is 0 Å². The maximum atomic E-state index is 12.8. The van der Waals surface area contributed by atoms with Crippen LogP contribution < -0.4 is 0 Å². The topological polar surface area (TPSA) is 124 Å². The molecule has 0 bridgehead atoms. The molecule has 0 aromatic carbocycles. The van der Waals surface area contributed by atoms with Crippen LogP contribution in [0.4, 0.5) is 0 Å². The van der Waals surface area contributed by atoms with Crippen LogP contribution in [0, 0.1) is 0 Å². The van der Waals surface area contributed by atoms with Gasteiger partial charge in [0.05, 0.1) is 31.0 Å². The number of hydrogen-bond donors (Lipinski definition) is 0. The van der Waals surface area contributed by atoms with Crippen molar-refractivity contribution in [3.63, 3.8) is 0 Å². The van der Waals surface area contributed by atoms with Crippen LogP contribution in [-0.2, 0) is 47.6 Å². The van der Waals surface area contributed by atoms with Gasteiger partial charge in [-0.3, -0.25) is 19.2 Å². The van der Waals surface area contributed by atoms with E-state index in [1.165, 1.54) is 0 Å². The van der Waals surface area contributed by atoms with E-state index in [2.05, 4.69) is 0 Å². The summed E-state index contributed by atoms with van der Waals surface area (Å²) in [5.41, 5.74) is -3.71. The van der Waals surface area contributed by atoms with Crippen molar-refractivity contribution in [2.45, 2.75) is 188 Å². The highest BCUT2D eigenvalue weighted by atomic mass is 16.6. The van der Waals surface area contributed by atoms with E-state index < -0.39 is 28.4 Å². The lowest BCUT2D eigenvalue weighted by atomic mass is 9.98. The molecule has 46 heavy (non-hydrogen) atoms. The second-order valence-electron chi connectivity index (χ2n) is 16.4. The van der Waals surface area contributed by atoms with E-state index in [9.17, 15) is 19.2 Å². The molecule has 10 nitrogen and oxygen atoms in total. The van der Waals surface area contributed by atoms with Crippen molar-refractivity contribution in [2.24, 2.45) is 0 Å². The smallest absolute Gasteiger partial charge is 0.306 e. The van der Waals surface area contributed by atoms with Crippen LogP contribution in [-0.4, -0.2) is 77.1 Å². The van der Waals surface area contributed by atoms with Crippen LogP contribution in [0.2, 0.25) is 0 Å². The fourth-order valence-electron chi connectivity index (χ4n) is 4.14. The molecule has 0 atom stereocenters. The predicted molar refractivity (Wildman–Crippen MR) is 179 cm³/mol. The lowest BCUT2D eigenvalue weighted by Crippen LogP contribution is -2.37. The van der Waals surface area contributed by atoms with Crippen molar-refractivity contribution in [3.05, 3.63) is 0 Å². The number of Topliss-reactive ketones (excluding diaryl/α,β-unsaturated/α-hetero) is 1. The minimum Gasteiger partial charge on any atom is -0.460 e. The summed E-state index contributed by atoms with van der Waals surface area (Å²) in [5, 5.41) is 0. The fourth-order valence-corrected chi connectivity index (χ4v) is 4.14. The van der Waals surface area contributed by atoms with Gasteiger partial charge in [-0.1, -0.05) is 0 Å². The lowest BCUT2D eigenvalue weighted by Gasteiger charge is -2.29. The average Bonchev–Trinajstić information content (AvgIpc) is 2.80. The molecular formula is C36H66O10. The van der Waals surface area contributed by atoms with E-state index >= 15 is 0 Å². The van der Waals surface area contributed by atoms with Gasteiger partial charge in [-0.25, -0.2) is 0 Å². The van der Waals surface area contributed by atoms with Gasteiger partial charge in [0.15, 0.2) is 5.78 Å². The Morgan fingerprint density at radius 2 is 0.696 bits per heavy atom. The largest absolute Gasteiger partial charge is 0.460 e. The number of hydrogen-bond acceptors (Lipinski definition) is 10. The number of carbonyl (C=O) groups excluding carboxylic acids is 4. The van der Waals surface area contributed by atoms with E-state index in [0.717, 1.165) is 0 Å². The summed E-state index contributed by atoms with van der Waals surface area (Å²) in [6.45, 7) is 27.3. The maximum Gasteiger partial charge on any atom is 0.306 e. The van der Waals surface area contributed by atoms with E-state index in [1.54, 1.807) is 27.7 Å². The molecule has 0 aliphatic carbocycles. The number of carbonyl (C=O) groups is 4. The second-order valence-corrected chi connectivity index (χ2v) is 16.4. The Bertz CT molecular complexity index is 964. The van der Waals surface area contributed by atoms with Crippen LogP contribution in [0.5, 0.6) is 0 Å². The highest BCUT2D eigenvalue weighted by Crippen LogP contribution is 2.23. The van der Waals surface area contributed by atoms with Crippen LogP contribution in [0.3, 0.4) is 0 Å². The highest BCUT2D eigenvalue weighted by Gasteiger charge is 2.31. The molecule has 0 spiro atoms. The molecule has 0 heterocycles. The lowest BCUT2D eigenvalue weighted by molar-refractivity contribution is -0.163. The minimum atomic E-state index is -1.05.